The predicted molar refractivity (Wildman–Crippen MR) is 81.2 cm³/mol. The smallest absolute Gasteiger partial charge is 0.152 e. The fourth-order valence-electron chi connectivity index (χ4n) is 4.87. The van der Waals surface area contributed by atoms with E-state index in [-0.39, 0.29) is 35.2 Å². The number of nitrogens with two attached hydrogens (primary N) is 1. The normalized spacial score (nSPS) is 35.3. The summed E-state index contributed by atoms with van der Waals surface area (Å²) >= 11 is 0. The van der Waals surface area contributed by atoms with Crippen LogP contribution in [-0.4, -0.2) is 11.6 Å². The Morgan fingerprint density at radius 1 is 1.00 bits per heavy atom. The van der Waals surface area contributed by atoms with Crippen molar-refractivity contribution in [1.82, 2.24) is 0 Å². The molecule has 1 aromatic carbocycles. The second kappa shape index (κ2) is 4.53. The maximum atomic E-state index is 12.9. The zero-order valence-electron chi connectivity index (χ0n) is 12.7. The van der Waals surface area contributed by atoms with Gasteiger partial charge in [-0.2, -0.15) is 5.90 Å². The van der Waals surface area contributed by atoms with Crippen LogP contribution in [0.15, 0.2) is 24.3 Å². The molecule has 4 heteroatoms. The van der Waals surface area contributed by atoms with Crippen molar-refractivity contribution in [3.8, 4) is 5.75 Å². The van der Waals surface area contributed by atoms with E-state index in [1.54, 1.807) is 12.1 Å². The van der Waals surface area contributed by atoms with E-state index >= 15 is 0 Å². The lowest BCUT2D eigenvalue weighted by Gasteiger charge is -2.17. The number of rotatable bonds is 2. The Kier molecular flexibility index (Phi) is 2.82. The highest BCUT2D eigenvalue weighted by atomic mass is 16.6. The maximum absolute atomic E-state index is 12.9. The average Bonchev–Trinajstić information content (AvgIpc) is 3.15. The number of hydrogen-bond donors (Lipinski definition) is 1. The van der Waals surface area contributed by atoms with E-state index in [1.165, 1.54) is 0 Å². The number of benzene rings is 1. The third kappa shape index (κ3) is 1.61. The van der Waals surface area contributed by atoms with Crippen LogP contribution in [0.3, 0.4) is 0 Å². The van der Waals surface area contributed by atoms with Crippen LogP contribution in [0, 0.1) is 37.5 Å². The van der Waals surface area contributed by atoms with Crippen LogP contribution < -0.4 is 10.7 Å². The van der Waals surface area contributed by atoms with E-state index in [1.807, 2.05) is 13.8 Å². The van der Waals surface area contributed by atoms with Crippen molar-refractivity contribution in [1.29, 1.82) is 0 Å². The first-order valence-corrected chi connectivity index (χ1v) is 7.76. The Bertz CT molecular complexity index is 668. The lowest BCUT2D eigenvalue weighted by Crippen LogP contribution is -2.21. The predicted octanol–water partition coefficient (Wildman–Crippen LogP) is 2.23. The monoisotopic (exact) mass is 297 g/mol. The number of fused-ring (bicyclic) bond motifs is 5. The molecule has 0 aliphatic heterocycles. The van der Waals surface area contributed by atoms with Gasteiger partial charge in [0.1, 0.15) is 11.7 Å². The number of aryl methyl sites for hydroxylation is 2. The molecule has 3 aliphatic rings. The molecule has 2 N–H and O–H groups in total. The van der Waals surface area contributed by atoms with E-state index in [9.17, 15) is 9.59 Å². The molecule has 0 spiro atoms. The number of carbonyl (C=O) groups excluding carboxylic acids is 2. The molecule has 2 saturated carbocycles. The van der Waals surface area contributed by atoms with Crippen LogP contribution in [0.1, 0.15) is 29.0 Å². The summed E-state index contributed by atoms with van der Waals surface area (Å²) in [5, 5.41) is 0. The lowest BCUT2D eigenvalue weighted by molar-refractivity contribution is -0.125. The molecular formula is C18H19NO3. The van der Waals surface area contributed by atoms with Gasteiger partial charge in [0.15, 0.2) is 11.6 Å². The van der Waals surface area contributed by atoms with Crippen molar-refractivity contribution in [2.45, 2.75) is 26.2 Å². The summed E-state index contributed by atoms with van der Waals surface area (Å²) in [6.45, 7) is 3.82. The second-order valence-corrected chi connectivity index (χ2v) is 6.83. The summed E-state index contributed by atoms with van der Waals surface area (Å²) in [5.74, 6) is 5.73. The highest BCUT2D eigenvalue weighted by molar-refractivity contribution is 6.17. The van der Waals surface area contributed by atoms with E-state index in [4.69, 9.17) is 10.7 Å². The van der Waals surface area contributed by atoms with Crippen LogP contribution in [0.25, 0.3) is 0 Å². The molecule has 4 nitrogen and oxygen atoms in total. The number of carbonyl (C=O) groups is 2. The molecule has 2 bridgehead atoms. The van der Waals surface area contributed by atoms with Crippen LogP contribution in [-0.2, 0) is 9.59 Å². The summed E-state index contributed by atoms with van der Waals surface area (Å²) in [6.07, 6.45) is 5.23. The molecule has 0 heterocycles. The molecule has 0 saturated heterocycles. The molecule has 3 aliphatic carbocycles. The van der Waals surface area contributed by atoms with Gasteiger partial charge in [0.2, 0.25) is 0 Å². The zero-order chi connectivity index (χ0) is 15.6. The average molecular weight is 297 g/mol. The molecule has 1 aromatic rings. The van der Waals surface area contributed by atoms with Gasteiger partial charge in [0, 0.05) is 11.8 Å². The van der Waals surface area contributed by atoms with Crippen LogP contribution in [0.2, 0.25) is 0 Å². The molecule has 4 atom stereocenters. The van der Waals surface area contributed by atoms with Gasteiger partial charge in [-0.3, -0.25) is 9.59 Å². The Labute approximate surface area is 129 Å². The first-order valence-electron chi connectivity index (χ1n) is 7.76. The Balaban J connectivity index is 1.79. The van der Waals surface area contributed by atoms with Crippen molar-refractivity contribution in [3.63, 3.8) is 0 Å². The summed E-state index contributed by atoms with van der Waals surface area (Å²) in [6, 6.07) is 3.59. The Morgan fingerprint density at radius 2 is 1.50 bits per heavy atom. The maximum Gasteiger partial charge on any atom is 0.152 e. The van der Waals surface area contributed by atoms with Crippen LogP contribution in [0.4, 0.5) is 0 Å². The fourth-order valence-corrected chi connectivity index (χ4v) is 4.87. The molecular weight excluding hydrogens is 278 g/mol. The van der Waals surface area contributed by atoms with Crippen molar-refractivity contribution in [3.05, 3.63) is 41.0 Å². The number of hydrogen-bond acceptors (Lipinski definition) is 4. The molecule has 114 valence electrons. The summed E-state index contributed by atoms with van der Waals surface area (Å²) in [7, 11) is 0. The van der Waals surface area contributed by atoms with Crippen LogP contribution >= 0.6 is 0 Å². The van der Waals surface area contributed by atoms with Crippen molar-refractivity contribution in [2.24, 2.45) is 29.6 Å². The Hall–Kier alpha value is -1.94. The molecule has 22 heavy (non-hydrogen) atoms. The molecule has 2 fully saturated rings. The van der Waals surface area contributed by atoms with E-state index in [0.29, 0.717) is 5.75 Å². The molecule has 0 radical (unpaired) electrons. The van der Waals surface area contributed by atoms with E-state index < -0.39 is 5.92 Å². The van der Waals surface area contributed by atoms with Crippen molar-refractivity contribution < 1.29 is 14.4 Å². The molecule has 4 rings (SSSR count). The van der Waals surface area contributed by atoms with Crippen molar-refractivity contribution in [2.75, 3.05) is 0 Å². The first-order chi connectivity index (χ1) is 10.5. The van der Waals surface area contributed by atoms with Gasteiger partial charge >= 0.3 is 0 Å². The first kappa shape index (κ1) is 13.7. The van der Waals surface area contributed by atoms with Crippen LogP contribution in [0.5, 0.6) is 5.75 Å². The number of allylic oxidation sites excluding steroid dienone is 2. The zero-order valence-corrected chi connectivity index (χ0v) is 12.7. The third-order valence-electron chi connectivity index (χ3n) is 5.68. The van der Waals surface area contributed by atoms with Gasteiger partial charge < -0.3 is 4.84 Å². The Morgan fingerprint density at radius 3 is 1.95 bits per heavy atom. The number of Topliss-reactive ketones (excluding diaryl/α,β-unsaturated/α-hetero) is 2. The standard InChI is InChI=1S/C18H19NO3/c1-8-5-12(22-19)6-9(2)13(8)16-17(20)14-10-3-4-11(7-10)15(14)18(16)21/h3-6,10-11,14-16H,7,19H2,1-2H3. The fraction of sp³-hybridized carbons (Fsp3) is 0.444. The lowest BCUT2D eigenvalue weighted by atomic mass is 9.85. The highest BCUT2D eigenvalue weighted by Gasteiger charge is 2.60. The van der Waals surface area contributed by atoms with Gasteiger partial charge in [-0.05, 0) is 60.9 Å². The van der Waals surface area contributed by atoms with Gasteiger partial charge in [-0.1, -0.05) is 12.2 Å². The third-order valence-corrected chi connectivity index (χ3v) is 5.68. The molecule has 0 aromatic heterocycles. The summed E-state index contributed by atoms with van der Waals surface area (Å²) < 4.78 is 0. The minimum atomic E-state index is -0.605. The minimum absolute atomic E-state index is 0.100. The van der Waals surface area contributed by atoms with Gasteiger partial charge in [-0.25, -0.2) is 0 Å². The molecule has 0 amide bonds. The van der Waals surface area contributed by atoms with Gasteiger partial charge in [-0.15, -0.1) is 0 Å². The molecule has 4 unspecified atom stereocenters. The van der Waals surface area contributed by atoms with E-state index in [0.717, 1.165) is 23.1 Å². The van der Waals surface area contributed by atoms with Crippen molar-refractivity contribution >= 4 is 11.6 Å². The van der Waals surface area contributed by atoms with E-state index in [2.05, 4.69) is 12.2 Å². The summed E-state index contributed by atoms with van der Waals surface area (Å²) in [5.41, 5.74) is 2.64. The SMILES string of the molecule is Cc1cc(ON)cc(C)c1C1C(=O)C2C3C=CC(C3)C2C1=O. The highest BCUT2D eigenvalue weighted by Crippen LogP contribution is 2.56. The van der Waals surface area contributed by atoms with Gasteiger partial charge in [0.05, 0.1) is 0 Å². The van der Waals surface area contributed by atoms with Gasteiger partial charge in [0.25, 0.3) is 0 Å². The quantitative estimate of drug-likeness (QED) is 0.516. The largest absolute Gasteiger partial charge is 0.412 e. The number of ketones is 2. The minimum Gasteiger partial charge on any atom is -0.412 e. The second-order valence-electron chi connectivity index (χ2n) is 6.83. The topological polar surface area (TPSA) is 69.4 Å². The summed E-state index contributed by atoms with van der Waals surface area (Å²) in [4.78, 5) is 30.7.